The molecule has 5 heteroatoms. The van der Waals surface area contributed by atoms with Crippen LogP contribution in [0.2, 0.25) is 0 Å². The van der Waals surface area contributed by atoms with Crippen molar-refractivity contribution in [2.24, 2.45) is 0 Å². The number of nitrogens with zero attached hydrogens (tertiary/aromatic N) is 2. The molecule has 0 saturated carbocycles. The van der Waals surface area contributed by atoms with Crippen molar-refractivity contribution in [3.63, 3.8) is 0 Å². The molecule has 43 heavy (non-hydrogen) atoms. The first-order valence-corrected chi connectivity index (χ1v) is 13.3. The summed E-state index contributed by atoms with van der Waals surface area (Å²) in [6.07, 6.45) is 3.65. The molecule has 0 fully saturated rings. The number of hydrogen-bond donors (Lipinski definition) is 0. The van der Waals surface area contributed by atoms with Gasteiger partial charge in [0.05, 0.1) is 0 Å². The molecule has 2 nitrogen and oxygen atoms in total. The van der Waals surface area contributed by atoms with Gasteiger partial charge in [-0.15, -0.1) is 66.2 Å². The summed E-state index contributed by atoms with van der Waals surface area (Å²) in [6, 6.07) is 51.6. The van der Waals surface area contributed by atoms with Gasteiger partial charge in [0.2, 0.25) is 0 Å². The van der Waals surface area contributed by atoms with Crippen LogP contribution in [0.25, 0.3) is 44.8 Å². The standard InChI is InChI=1S/C23H14N.C15H16N.B.Ir.Y/c1-2-7-18(8-3-1)19-12-14-20(15-13-19)21-9-6-10-22(17-21)23-11-4-5-16-24-23;1-15(2,3)13-9-10-16-14(11-13)12-7-5-4-6-8-12;;;/h1-9,11-14,16H;4-7,9-11H,1-3H3;;;/q-3;-1;;;. The molecule has 6 aromatic rings. The van der Waals surface area contributed by atoms with Gasteiger partial charge in [-0.2, -0.15) is 5.56 Å². The monoisotopic (exact) mass is 807 g/mol. The van der Waals surface area contributed by atoms with Crippen LogP contribution in [0.1, 0.15) is 26.3 Å². The van der Waals surface area contributed by atoms with Gasteiger partial charge < -0.3 is 16.0 Å². The molecule has 0 atom stereocenters. The maximum absolute atomic E-state index is 4.39. The summed E-state index contributed by atoms with van der Waals surface area (Å²) in [6.45, 7) is 6.63. The molecule has 0 bridgehead atoms. The van der Waals surface area contributed by atoms with E-state index in [1.54, 1.807) is 6.20 Å². The summed E-state index contributed by atoms with van der Waals surface area (Å²) >= 11 is 0. The largest absolute Gasteiger partial charge is 0.352 e. The summed E-state index contributed by atoms with van der Waals surface area (Å²) in [5.41, 5.74) is 9.61. The van der Waals surface area contributed by atoms with Gasteiger partial charge in [0.15, 0.2) is 0 Å². The van der Waals surface area contributed by atoms with Crippen molar-refractivity contribution in [3.05, 3.63) is 157 Å². The Kier molecular flexibility index (Phi) is 14.6. The molecule has 2 heterocycles. The van der Waals surface area contributed by atoms with Crippen molar-refractivity contribution in [2.75, 3.05) is 0 Å². The first-order valence-electron chi connectivity index (χ1n) is 13.3. The second-order valence-electron chi connectivity index (χ2n) is 10.4. The van der Waals surface area contributed by atoms with Crippen LogP contribution < -0.4 is 0 Å². The average Bonchev–Trinajstić information content (AvgIpc) is 3.02. The molecule has 0 spiro atoms. The van der Waals surface area contributed by atoms with Crippen molar-refractivity contribution in [2.45, 2.75) is 26.2 Å². The summed E-state index contributed by atoms with van der Waals surface area (Å²) in [7, 11) is 0. The number of hydrogen-bond acceptors (Lipinski definition) is 2. The first-order chi connectivity index (χ1) is 19.5. The molecule has 0 aliphatic carbocycles. The van der Waals surface area contributed by atoms with E-state index in [4.69, 9.17) is 0 Å². The van der Waals surface area contributed by atoms with Gasteiger partial charge in [0.25, 0.3) is 0 Å². The van der Waals surface area contributed by atoms with E-state index in [0.29, 0.717) is 0 Å². The third-order valence-corrected chi connectivity index (χ3v) is 6.48. The van der Waals surface area contributed by atoms with E-state index in [1.807, 2.05) is 85.1 Å². The molecule has 0 saturated heterocycles. The number of aromatic nitrogens is 2. The van der Waals surface area contributed by atoms with Crippen LogP contribution in [0, 0.1) is 24.3 Å². The Morgan fingerprint density at radius 3 is 1.98 bits per heavy atom. The molecule has 0 N–H and O–H groups in total. The van der Waals surface area contributed by atoms with Crippen LogP contribution in [0.3, 0.4) is 0 Å². The second-order valence-corrected chi connectivity index (χ2v) is 10.4. The zero-order valence-electron chi connectivity index (χ0n) is 24.5. The third kappa shape index (κ3) is 10.0. The smallest absolute Gasteiger partial charge is 0.0163 e. The Hall–Kier alpha value is -3.00. The molecule has 4 aromatic carbocycles. The summed E-state index contributed by atoms with van der Waals surface area (Å²) in [4.78, 5) is 8.76. The van der Waals surface area contributed by atoms with Crippen molar-refractivity contribution in [3.8, 4) is 44.8 Å². The maximum atomic E-state index is 4.39. The predicted octanol–water partition coefficient (Wildman–Crippen LogP) is 8.94. The van der Waals surface area contributed by atoms with Crippen LogP contribution in [0.5, 0.6) is 0 Å². The topological polar surface area (TPSA) is 25.8 Å². The SMILES string of the molecule is CC(C)(C)c1ccnc(-c2[c-]cccc2)c1.[B].[Ir].[Y].[c-]1ccc(-c2[c-]cc(-c3ccccc3)cc2)[c-]c1-c1ccccn1. The minimum atomic E-state index is 0. The molecule has 2 aromatic heterocycles. The van der Waals surface area contributed by atoms with Crippen LogP contribution in [-0.4, -0.2) is 18.4 Å². The summed E-state index contributed by atoms with van der Waals surface area (Å²) in [5, 5.41) is 0. The first kappa shape index (κ1) is 36.2. The molecule has 6 rings (SSSR count). The molecule has 0 aliphatic rings. The van der Waals surface area contributed by atoms with Gasteiger partial charge in [0.1, 0.15) is 0 Å². The van der Waals surface area contributed by atoms with E-state index in [1.165, 1.54) is 11.1 Å². The van der Waals surface area contributed by atoms with Crippen molar-refractivity contribution < 1.29 is 52.8 Å². The molecule has 0 unspecified atom stereocenters. The van der Waals surface area contributed by atoms with Gasteiger partial charge in [-0.25, -0.2) is 6.07 Å². The fraction of sp³-hybridized carbons (Fsp3) is 0.105. The van der Waals surface area contributed by atoms with Crippen LogP contribution >= 0.6 is 0 Å². The summed E-state index contributed by atoms with van der Waals surface area (Å²) < 4.78 is 0. The minimum absolute atomic E-state index is 0. The quantitative estimate of drug-likeness (QED) is 0.132. The Morgan fingerprint density at radius 1 is 0.581 bits per heavy atom. The minimum Gasteiger partial charge on any atom is -0.352 e. The maximum Gasteiger partial charge on any atom is 0.0163 e. The summed E-state index contributed by atoms with van der Waals surface area (Å²) in [5.74, 6) is 0. The Balaban J connectivity index is 0.000000301. The fourth-order valence-corrected chi connectivity index (χ4v) is 4.23. The molecule has 0 amide bonds. The molecule has 211 valence electrons. The van der Waals surface area contributed by atoms with Gasteiger partial charge in [0, 0.05) is 73.6 Å². The fourth-order valence-electron chi connectivity index (χ4n) is 4.23. The van der Waals surface area contributed by atoms with Gasteiger partial charge in [-0.3, -0.25) is 23.3 Å². The molecule has 0 aliphatic heterocycles. The van der Waals surface area contributed by atoms with Gasteiger partial charge in [-0.1, -0.05) is 80.1 Å². The van der Waals surface area contributed by atoms with Gasteiger partial charge in [-0.05, 0) is 28.8 Å². The van der Waals surface area contributed by atoms with Crippen molar-refractivity contribution >= 4 is 8.41 Å². The van der Waals surface area contributed by atoms with Crippen LogP contribution in [0.15, 0.2) is 128 Å². The van der Waals surface area contributed by atoms with Crippen molar-refractivity contribution in [1.29, 1.82) is 0 Å². The average molecular weight is 807 g/mol. The molecular weight excluding hydrogens is 776 g/mol. The molecule has 5 radical (unpaired) electrons. The Labute approximate surface area is 297 Å². The van der Waals surface area contributed by atoms with Crippen LogP contribution in [0.4, 0.5) is 0 Å². The normalized spacial score (nSPS) is 10.1. The van der Waals surface area contributed by atoms with E-state index in [-0.39, 0.29) is 66.6 Å². The van der Waals surface area contributed by atoms with E-state index in [0.717, 1.165) is 39.2 Å². The number of rotatable bonds is 4. The molecular formula is C38H30BIrN2Y-4. The zero-order valence-corrected chi connectivity index (χ0v) is 29.7. The third-order valence-electron chi connectivity index (χ3n) is 6.48. The van der Waals surface area contributed by atoms with E-state index in [2.05, 4.69) is 91.4 Å². The van der Waals surface area contributed by atoms with E-state index < -0.39 is 0 Å². The van der Waals surface area contributed by atoms with E-state index in [9.17, 15) is 0 Å². The van der Waals surface area contributed by atoms with Crippen molar-refractivity contribution in [1.82, 2.24) is 9.97 Å². The predicted molar refractivity (Wildman–Crippen MR) is 170 cm³/mol. The van der Waals surface area contributed by atoms with Gasteiger partial charge >= 0.3 is 0 Å². The number of pyridine rings is 2. The second kappa shape index (κ2) is 17.3. The Bertz CT molecular complexity index is 1650. The van der Waals surface area contributed by atoms with E-state index >= 15 is 0 Å². The Morgan fingerprint density at radius 2 is 1.33 bits per heavy atom. The number of benzene rings is 4. The zero-order chi connectivity index (χ0) is 27.8. The van der Waals surface area contributed by atoms with Crippen LogP contribution in [-0.2, 0) is 58.2 Å².